The zero-order valence-electron chi connectivity index (χ0n) is 15.7. The van der Waals surface area contributed by atoms with Gasteiger partial charge < -0.3 is 10.4 Å². The second-order valence-corrected chi connectivity index (χ2v) is 9.03. The summed E-state index contributed by atoms with van der Waals surface area (Å²) in [5, 5.41) is 11.8. The summed E-state index contributed by atoms with van der Waals surface area (Å²) in [4.78, 5) is 24.0. The minimum atomic E-state index is -3.31. The van der Waals surface area contributed by atoms with Crippen molar-refractivity contribution < 1.29 is 23.1 Å². The fraction of sp³-hybridized carbons (Fsp3) is 0.333. The van der Waals surface area contributed by atoms with Gasteiger partial charge in [-0.15, -0.1) is 0 Å². The third-order valence-electron chi connectivity index (χ3n) is 4.58. The SMILES string of the molecule is CCS(=O)(=O)CCC(NC(=O)CC(c1ccccc1)c1ccccc1)C(=O)O. The molecule has 0 bridgehead atoms. The Morgan fingerprint density at radius 3 is 1.89 bits per heavy atom. The lowest BCUT2D eigenvalue weighted by Crippen LogP contribution is -2.42. The number of sulfone groups is 1. The first-order valence-corrected chi connectivity index (χ1v) is 11.0. The molecule has 1 atom stereocenters. The number of hydrogen-bond acceptors (Lipinski definition) is 4. The average molecular weight is 404 g/mol. The maximum Gasteiger partial charge on any atom is 0.326 e. The fourth-order valence-electron chi connectivity index (χ4n) is 2.94. The molecule has 0 heterocycles. The summed E-state index contributed by atoms with van der Waals surface area (Å²) in [6.45, 7) is 1.51. The highest BCUT2D eigenvalue weighted by Crippen LogP contribution is 2.27. The zero-order valence-corrected chi connectivity index (χ0v) is 16.6. The maximum atomic E-state index is 12.6. The van der Waals surface area contributed by atoms with Crippen LogP contribution in [0.25, 0.3) is 0 Å². The average Bonchev–Trinajstić information content (AvgIpc) is 2.70. The summed E-state index contributed by atoms with van der Waals surface area (Å²) in [5.41, 5.74) is 1.90. The molecule has 0 aliphatic heterocycles. The smallest absolute Gasteiger partial charge is 0.326 e. The van der Waals surface area contributed by atoms with Gasteiger partial charge in [0.05, 0.1) is 5.75 Å². The molecule has 2 rings (SSSR count). The van der Waals surface area contributed by atoms with Crippen LogP contribution in [0, 0.1) is 0 Å². The predicted molar refractivity (Wildman–Crippen MR) is 108 cm³/mol. The number of hydrogen-bond donors (Lipinski definition) is 2. The number of benzene rings is 2. The van der Waals surface area contributed by atoms with Crippen LogP contribution in [0.15, 0.2) is 60.7 Å². The van der Waals surface area contributed by atoms with Crippen LogP contribution < -0.4 is 5.32 Å². The van der Waals surface area contributed by atoms with E-state index in [9.17, 15) is 23.1 Å². The van der Waals surface area contributed by atoms with Gasteiger partial charge in [-0.1, -0.05) is 67.6 Å². The molecule has 150 valence electrons. The van der Waals surface area contributed by atoms with Crippen LogP contribution in [-0.4, -0.2) is 42.9 Å². The van der Waals surface area contributed by atoms with Crippen LogP contribution in [0.5, 0.6) is 0 Å². The quantitative estimate of drug-likeness (QED) is 0.635. The summed E-state index contributed by atoms with van der Waals surface area (Å²) in [7, 11) is -3.31. The molecule has 0 aliphatic carbocycles. The Kier molecular flexibility index (Phi) is 7.75. The molecule has 7 heteroatoms. The van der Waals surface area contributed by atoms with Crippen LogP contribution in [0.4, 0.5) is 0 Å². The predicted octanol–water partition coefficient (Wildman–Crippen LogP) is 2.60. The van der Waals surface area contributed by atoms with Crippen LogP contribution in [0.2, 0.25) is 0 Å². The molecule has 0 aromatic heterocycles. The number of carboxylic acid groups (broad SMARTS) is 1. The normalized spacial score (nSPS) is 12.5. The lowest BCUT2D eigenvalue weighted by molar-refractivity contribution is -0.141. The van der Waals surface area contributed by atoms with Crippen molar-refractivity contribution >= 4 is 21.7 Å². The summed E-state index contributed by atoms with van der Waals surface area (Å²) in [5.74, 6) is -2.23. The van der Waals surface area contributed by atoms with Gasteiger partial charge in [-0.05, 0) is 17.5 Å². The van der Waals surface area contributed by atoms with Gasteiger partial charge in [0.2, 0.25) is 5.91 Å². The standard InChI is InChI=1S/C21H25NO5S/c1-2-28(26,27)14-13-19(21(24)25)22-20(23)15-18(16-9-5-3-6-10-16)17-11-7-4-8-12-17/h3-12,18-19H,2,13-15H2,1H3,(H,22,23)(H,24,25). The highest BCUT2D eigenvalue weighted by molar-refractivity contribution is 7.91. The molecule has 1 unspecified atom stereocenters. The van der Waals surface area contributed by atoms with Crippen molar-refractivity contribution in [2.75, 3.05) is 11.5 Å². The maximum absolute atomic E-state index is 12.6. The number of aliphatic carboxylic acids is 1. The summed E-state index contributed by atoms with van der Waals surface area (Å²) in [6, 6.07) is 17.8. The minimum Gasteiger partial charge on any atom is -0.480 e. The van der Waals surface area contributed by atoms with Gasteiger partial charge in [0.15, 0.2) is 0 Å². The molecular formula is C21H25NO5S. The Hall–Kier alpha value is -2.67. The van der Waals surface area contributed by atoms with E-state index in [0.717, 1.165) is 11.1 Å². The number of carboxylic acids is 1. The minimum absolute atomic E-state index is 0.0582. The van der Waals surface area contributed by atoms with Crippen molar-refractivity contribution in [3.05, 3.63) is 71.8 Å². The lowest BCUT2D eigenvalue weighted by atomic mass is 9.88. The molecule has 0 saturated heterocycles. The van der Waals surface area contributed by atoms with E-state index < -0.39 is 27.8 Å². The monoisotopic (exact) mass is 403 g/mol. The van der Waals surface area contributed by atoms with E-state index in [0.29, 0.717) is 0 Å². The van der Waals surface area contributed by atoms with Gasteiger partial charge in [-0.3, -0.25) is 4.79 Å². The van der Waals surface area contributed by atoms with Gasteiger partial charge >= 0.3 is 5.97 Å². The molecule has 2 aromatic rings. The van der Waals surface area contributed by atoms with E-state index in [2.05, 4.69) is 5.32 Å². The molecular weight excluding hydrogens is 378 g/mol. The Balaban J connectivity index is 2.13. The van der Waals surface area contributed by atoms with Crippen LogP contribution in [0.3, 0.4) is 0 Å². The highest BCUT2D eigenvalue weighted by atomic mass is 32.2. The Morgan fingerprint density at radius 1 is 0.964 bits per heavy atom. The third-order valence-corrected chi connectivity index (χ3v) is 6.32. The van der Waals surface area contributed by atoms with E-state index in [-0.39, 0.29) is 30.3 Å². The Morgan fingerprint density at radius 2 is 1.46 bits per heavy atom. The summed E-state index contributed by atoms with van der Waals surface area (Å²) < 4.78 is 23.3. The largest absolute Gasteiger partial charge is 0.480 e. The Labute approximate surface area is 165 Å². The molecule has 0 radical (unpaired) electrons. The molecule has 0 aliphatic rings. The first-order chi connectivity index (χ1) is 13.3. The first kappa shape index (κ1) is 21.6. The number of carbonyl (C=O) groups is 2. The summed E-state index contributed by atoms with van der Waals surface area (Å²) in [6.07, 6.45) is -0.0864. The van der Waals surface area contributed by atoms with E-state index in [1.165, 1.54) is 6.92 Å². The molecule has 0 saturated carbocycles. The van der Waals surface area contributed by atoms with E-state index in [1.807, 2.05) is 60.7 Å². The number of carbonyl (C=O) groups excluding carboxylic acids is 1. The van der Waals surface area contributed by atoms with Crippen molar-refractivity contribution in [1.29, 1.82) is 0 Å². The van der Waals surface area contributed by atoms with Crippen molar-refractivity contribution in [2.24, 2.45) is 0 Å². The number of amides is 1. The molecule has 0 fully saturated rings. The third kappa shape index (κ3) is 6.49. The zero-order chi connectivity index (χ0) is 20.6. The summed E-state index contributed by atoms with van der Waals surface area (Å²) >= 11 is 0. The van der Waals surface area contributed by atoms with Gasteiger partial charge in [0.1, 0.15) is 15.9 Å². The van der Waals surface area contributed by atoms with Crippen LogP contribution in [0.1, 0.15) is 36.8 Å². The molecule has 28 heavy (non-hydrogen) atoms. The molecule has 2 N–H and O–H groups in total. The van der Waals surface area contributed by atoms with Crippen molar-refractivity contribution in [1.82, 2.24) is 5.32 Å². The molecule has 1 amide bonds. The second-order valence-electron chi connectivity index (χ2n) is 6.56. The number of nitrogens with one attached hydrogen (secondary N) is 1. The first-order valence-electron chi connectivity index (χ1n) is 9.15. The van der Waals surface area contributed by atoms with Crippen LogP contribution in [-0.2, 0) is 19.4 Å². The fourth-order valence-corrected chi connectivity index (χ4v) is 3.82. The van der Waals surface area contributed by atoms with Gasteiger partial charge in [0.25, 0.3) is 0 Å². The molecule has 6 nitrogen and oxygen atoms in total. The van der Waals surface area contributed by atoms with E-state index >= 15 is 0 Å². The highest BCUT2D eigenvalue weighted by Gasteiger charge is 2.25. The van der Waals surface area contributed by atoms with E-state index in [1.54, 1.807) is 0 Å². The lowest BCUT2D eigenvalue weighted by Gasteiger charge is -2.20. The van der Waals surface area contributed by atoms with Gasteiger partial charge in [-0.2, -0.15) is 0 Å². The second kappa shape index (κ2) is 10.0. The van der Waals surface area contributed by atoms with Crippen molar-refractivity contribution in [2.45, 2.75) is 31.7 Å². The van der Waals surface area contributed by atoms with Gasteiger partial charge in [-0.25, -0.2) is 13.2 Å². The van der Waals surface area contributed by atoms with Crippen LogP contribution >= 0.6 is 0 Å². The number of rotatable bonds is 10. The van der Waals surface area contributed by atoms with Crippen molar-refractivity contribution in [3.63, 3.8) is 0 Å². The Bertz CT molecular complexity index is 842. The van der Waals surface area contributed by atoms with Gasteiger partial charge in [0, 0.05) is 18.1 Å². The molecule has 2 aromatic carbocycles. The topological polar surface area (TPSA) is 101 Å². The molecule has 0 spiro atoms. The van der Waals surface area contributed by atoms with E-state index in [4.69, 9.17) is 0 Å². The van der Waals surface area contributed by atoms with Crippen molar-refractivity contribution in [3.8, 4) is 0 Å².